The van der Waals surface area contributed by atoms with E-state index in [4.69, 9.17) is 5.73 Å². The Morgan fingerprint density at radius 1 is 1.12 bits per heavy atom. The molecule has 1 fully saturated rings. The largest absolute Gasteiger partial charge is 0.375 e. The topological polar surface area (TPSA) is 88.3 Å². The van der Waals surface area contributed by atoms with E-state index in [2.05, 4.69) is 21.5 Å². The quantitative estimate of drug-likeness (QED) is 0.566. The molecule has 32 heavy (non-hydrogen) atoms. The van der Waals surface area contributed by atoms with Gasteiger partial charge in [0.15, 0.2) is 5.13 Å². The first-order chi connectivity index (χ1) is 15.4. The minimum atomic E-state index is -3.42. The lowest BCUT2D eigenvalue weighted by molar-refractivity contribution is 0.158. The highest BCUT2D eigenvalue weighted by molar-refractivity contribution is 7.89. The van der Waals surface area contributed by atoms with Crippen LogP contribution >= 0.6 is 11.3 Å². The number of hydrogen-bond acceptors (Lipinski definition) is 6. The fraction of sp³-hybridized carbons (Fsp3) is 0.625. The summed E-state index contributed by atoms with van der Waals surface area (Å²) >= 11 is 1.66. The van der Waals surface area contributed by atoms with Crippen LogP contribution in [-0.2, 0) is 22.9 Å². The van der Waals surface area contributed by atoms with Crippen molar-refractivity contribution in [1.29, 1.82) is 0 Å². The van der Waals surface area contributed by atoms with Gasteiger partial charge < -0.3 is 10.6 Å². The van der Waals surface area contributed by atoms with Gasteiger partial charge in [0, 0.05) is 17.0 Å². The SMILES string of the molecule is CCCN(CCC1CCC(NS(=O)(=O)c2ccccc2)CC1)[C@H]1CCc2nc(N)sc2C1. The standard InChI is InChI=1S/C24H36N4O2S2/c1-2-15-28(20-12-13-22-23(17-20)31-24(25)26-22)16-14-18-8-10-19(11-9-18)27-32(29,30)21-6-4-3-5-7-21/h3-7,18-20,27H,2,8-17H2,1H3,(H2,25,26)/t18?,19?,20-/m0/s1. The van der Waals surface area contributed by atoms with Crippen LogP contribution in [0.2, 0.25) is 0 Å². The van der Waals surface area contributed by atoms with Crippen LogP contribution < -0.4 is 10.5 Å². The van der Waals surface area contributed by atoms with E-state index >= 15 is 0 Å². The maximum Gasteiger partial charge on any atom is 0.240 e. The van der Waals surface area contributed by atoms with Gasteiger partial charge in [-0.1, -0.05) is 25.1 Å². The highest BCUT2D eigenvalue weighted by Crippen LogP contribution is 2.32. The molecule has 2 aromatic rings. The number of nitrogens with zero attached hydrogens (tertiary/aromatic N) is 2. The monoisotopic (exact) mass is 476 g/mol. The van der Waals surface area contributed by atoms with Crippen molar-refractivity contribution in [2.24, 2.45) is 5.92 Å². The van der Waals surface area contributed by atoms with Crippen LogP contribution in [0.25, 0.3) is 0 Å². The van der Waals surface area contributed by atoms with E-state index in [1.54, 1.807) is 35.6 Å². The van der Waals surface area contributed by atoms with Crippen LogP contribution in [0.1, 0.15) is 62.4 Å². The second-order valence-corrected chi connectivity index (χ2v) is 12.1. The van der Waals surface area contributed by atoms with Crippen LogP contribution in [0, 0.1) is 5.92 Å². The Morgan fingerprint density at radius 3 is 2.59 bits per heavy atom. The molecule has 1 aromatic carbocycles. The van der Waals surface area contributed by atoms with Gasteiger partial charge in [-0.2, -0.15) is 0 Å². The fourth-order valence-electron chi connectivity index (χ4n) is 5.26. The van der Waals surface area contributed by atoms with E-state index in [0.29, 0.717) is 22.0 Å². The molecule has 6 nitrogen and oxygen atoms in total. The molecule has 1 aromatic heterocycles. The van der Waals surface area contributed by atoms with Gasteiger partial charge in [-0.3, -0.25) is 0 Å². The van der Waals surface area contributed by atoms with Gasteiger partial charge in [0.2, 0.25) is 10.0 Å². The van der Waals surface area contributed by atoms with E-state index in [1.165, 1.54) is 29.8 Å². The number of nitrogens with two attached hydrogens (primary N) is 1. The number of anilines is 1. The molecule has 1 heterocycles. The van der Waals surface area contributed by atoms with E-state index < -0.39 is 10.0 Å². The lowest BCUT2D eigenvalue weighted by Gasteiger charge is -2.36. The number of nitrogens with one attached hydrogen (secondary N) is 1. The molecule has 2 aliphatic rings. The molecular weight excluding hydrogens is 440 g/mol. The minimum Gasteiger partial charge on any atom is -0.375 e. The number of aromatic nitrogens is 1. The number of sulfonamides is 1. The van der Waals surface area contributed by atoms with Gasteiger partial charge >= 0.3 is 0 Å². The zero-order chi connectivity index (χ0) is 22.6. The van der Waals surface area contributed by atoms with Gasteiger partial charge in [-0.05, 0) is 88.9 Å². The van der Waals surface area contributed by atoms with Crippen molar-refractivity contribution < 1.29 is 8.42 Å². The Bertz CT molecular complexity index is 969. The van der Waals surface area contributed by atoms with Crippen LogP contribution in [0.15, 0.2) is 35.2 Å². The summed E-state index contributed by atoms with van der Waals surface area (Å²) in [5, 5.41) is 0.706. The zero-order valence-corrected chi connectivity index (χ0v) is 20.6. The van der Waals surface area contributed by atoms with Crippen molar-refractivity contribution in [1.82, 2.24) is 14.6 Å². The molecule has 4 rings (SSSR count). The van der Waals surface area contributed by atoms with E-state index in [9.17, 15) is 8.42 Å². The van der Waals surface area contributed by atoms with Gasteiger partial charge in [-0.25, -0.2) is 18.1 Å². The summed E-state index contributed by atoms with van der Waals surface area (Å²) in [7, 11) is -3.42. The Balaban J connectivity index is 1.25. The van der Waals surface area contributed by atoms with Crippen molar-refractivity contribution in [3.05, 3.63) is 40.9 Å². The maximum absolute atomic E-state index is 12.6. The highest BCUT2D eigenvalue weighted by atomic mass is 32.2. The number of nitrogen functional groups attached to an aromatic ring is 1. The first-order valence-electron chi connectivity index (χ1n) is 12.0. The molecule has 0 aliphatic heterocycles. The first kappa shape index (κ1) is 23.7. The molecule has 0 bridgehead atoms. The molecular formula is C24H36N4O2S2. The lowest BCUT2D eigenvalue weighted by atomic mass is 9.84. The van der Waals surface area contributed by atoms with Gasteiger partial charge in [0.05, 0.1) is 10.6 Å². The Hall–Kier alpha value is -1.48. The number of hydrogen-bond donors (Lipinski definition) is 2. The molecule has 0 radical (unpaired) electrons. The fourth-order valence-corrected chi connectivity index (χ4v) is 7.53. The molecule has 1 atom stereocenters. The molecule has 176 valence electrons. The predicted octanol–water partition coefficient (Wildman–Crippen LogP) is 4.22. The van der Waals surface area contributed by atoms with Gasteiger partial charge in [0.25, 0.3) is 0 Å². The predicted molar refractivity (Wildman–Crippen MR) is 131 cm³/mol. The second-order valence-electron chi connectivity index (χ2n) is 9.30. The lowest BCUT2D eigenvalue weighted by Crippen LogP contribution is -2.41. The third kappa shape index (κ3) is 5.90. The highest BCUT2D eigenvalue weighted by Gasteiger charge is 2.29. The van der Waals surface area contributed by atoms with Crippen LogP contribution in [-0.4, -0.2) is 43.5 Å². The van der Waals surface area contributed by atoms with Crippen molar-refractivity contribution in [3.8, 4) is 0 Å². The normalized spacial score (nSPS) is 23.9. The summed E-state index contributed by atoms with van der Waals surface area (Å²) < 4.78 is 28.1. The van der Waals surface area contributed by atoms with Gasteiger partial charge in [-0.15, -0.1) is 11.3 Å². The summed E-state index contributed by atoms with van der Waals surface area (Å²) in [6, 6.07) is 9.34. The van der Waals surface area contributed by atoms with Crippen molar-refractivity contribution in [2.45, 2.75) is 81.7 Å². The zero-order valence-electron chi connectivity index (χ0n) is 19.0. The first-order valence-corrected chi connectivity index (χ1v) is 14.3. The van der Waals surface area contributed by atoms with Crippen LogP contribution in [0.5, 0.6) is 0 Å². The molecule has 0 amide bonds. The third-order valence-corrected chi connectivity index (χ3v) is 9.49. The number of thiazole rings is 1. The van der Waals surface area contributed by atoms with E-state index in [1.807, 2.05) is 6.07 Å². The number of aryl methyl sites for hydroxylation is 1. The second kappa shape index (κ2) is 10.6. The van der Waals surface area contributed by atoms with E-state index in [-0.39, 0.29) is 6.04 Å². The van der Waals surface area contributed by atoms with E-state index in [0.717, 1.165) is 51.6 Å². The summed E-state index contributed by atoms with van der Waals surface area (Å²) in [5.41, 5.74) is 7.15. The van der Waals surface area contributed by atoms with Crippen molar-refractivity contribution in [3.63, 3.8) is 0 Å². The summed E-state index contributed by atoms with van der Waals surface area (Å²) in [6.07, 6.45) is 9.72. The van der Waals surface area contributed by atoms with Crippen LogP contribution in [0.4, 0.5) is 5.13 Å². The molecule has 3 N–H and O–H groups in total. The number of benzene rings is 1. The smallest absolute Gasteiger partial charge is 0.240 e. The van der Waals surface area contributed by atoms with Crippen molar-refractivity contribution >= 4 is 26.5 Å². The average molecular weight is 477 g/mol. The summed E-state index contributed by atoms with van der Waals surface area (Å²) in [4.78, 5) is 8.91. The molecule has 0 saturated heterocycles. The molecule has 2 aliphatic carbocycles. The molecule has 8 heteroatoms. The Kier molecular flexibility index (Phi) is 7.87. The summed E-state index contributed by atoms with van der Waals surface area (Å²) in [6.45, 7) is 4.53. The van der Waals surface area contributed by atoms with Crippen LogP contribution in [0.3, 0.4) is 0 Å². The molecule has 0 spiro atoms. The number of rotatable bonds is 9. The third-order valence-electron chi connectivity index (χ3n) is 7.00. The number of fused-ring (bicyclic) bond motifs is 1. The summed E-state index contributed by atoms with van der Waals surface area (Å²) in [5.74, 6) is 0.685. The maximum atomic E-state index is 12.6. The minimum absolute atomic E-state index is 0.0525. The average Bonchev–Trinajstić information content (AvgIpc) is 3.17. The van der Waals surface area contributed by atoms with Crippen molar-refractivity contribution in [2.75, 3.05) is 18.8 Å². The Labute approximate surface area is 196 Å². The molecule has 0 unspecified atom stereocenters. The van der Waals surface area contributed by atoms with Gasteiger partial charge in [0.1, 0.15) is 0 Å². The Morgan fingerprint density at radius 2 is 1.88 bits per heavy atom. The molecule has 1 saturated carbocycles.